The third-order valence-electron chi connectivity index (χ3n) is 3.78. The predicted molar refractivity (Wildman–Crippen MR) is 72.8 cm³/mol. The largest absolute Gasteiger partial charge is 0.469 e. The highest BCUT2D eigenvalue weighted by molar-refractivity contribution is 6.30. The highest BCUT2D eigenvalue weighted by atomic mass is 35.5. The molecule has 1 aliphatic rings. The molecule has 0 amide bonds. The van der Waals surface area contributed by atoms with Gasteiger partial charge in [-0.3, -0.25) is 4.79 Å². The van der Waals surface area contributed by atoms with Crippen LogP contribution in [0.2, 0.25) is 5.02 Å². The molecule has 3 heteroatoms. The van der Waals surface area contributed by atoms with Crippen molar-refractivity contribution in [1.82, 2.24) is 0 Å². The van der Waals surface area contributed by atoms with E-state index >= 15 is 0 Å². The van der Waals surface area contributed by atoms with Crippen LogP contribution < -0.4 is 0 Å². The molecule has 0 spiro atoms. The minimum Gasteiger partial charge on any atom is -0.469 e. The Bertz CT molecular complexity index is 411. The Hall–Kier alpha value is -1.02. The van der Waals surface area contributed by atoms with E-state index in [1.54, 1.807) is 0 Å². The number of halogens is 1. The molecular weight excluding hydrogens is 248 g/mol. The zero-order valence-electron chi connectivity index (χ0n) is 10.7. The van der Waals surface area contributed by atoms with Crippen LogP contribution in [0.15, 0.2) is 24.3 Å². The minimum absolute atomic E-state index is 0.149. The van der Waals surface area contributed by atoms with E-state index in [9.17, 15) is 4.79 Å². The highest BCUT2D eigenvalue weighted by Crippen LogP contribution is 2.35. The van der Waals surface area contributed by atoms with Gasteiger partial charge in [-0.05, 0) is 30.0 Å². The second-order valence-corrected chi connectivity index (χ2v) is 5.45. The fourth-order valence-electron chi connectivity index (χ4n) is 2.81. The lowest BCUT2D eigenvalue weighted by atomic mass is 9.88. The first kappa shape index (κ1) is 13.4. The lowest BCUT2D eigenvalue weighted by Crippen LogP contribution is -2.17. The van der Waals surface area contributed by atoms with E-state index in [1.165, 1.54) is 32.8 Å². The molecule has 1 atom stereocenters. The summed E-state index contributed by atoms with van der Waals surface area (Å²) in [5.74, 6) is 0.328. The second-order valence-electron chi connectivity index (χ2n) is 5.02. The Morgan fingerprint density at radius 1 is 1.44 bits per heavy atom. The molecule has 1 saturated carbocycles. The molecule has 0 heterocycles. The number of carbonyl (C=O) groups is 1. The Morgan fingerprint density at radius 2 is 2.17 bits per heavy atom. The number of hydrogen-bond acceptors (Lipinski definition) is 2. The van der Waals surface area contributed by atoms with E-state index in [0.717, 1.165) is 12.0 Å². The summed E-state index contributed by atoms with van der Waals surface area (Å²) in [6.07, 6.45) is 5.91. The standard InChI is InChI=1S/C15H19ClO2/c1-18-15(17)14(9-11-5-2-3-6-11)12-7-4-8-13(16)10-12/h4,7-8,10-11,14H,2-3,5-6,9H2,1H3. The molecular formula is C15H19ClO2. The number of benzene rings is 1. The van der Waals surface area contributed by atoms with Crippen LogP contribution in [0.4, 0.5) is 0 Å². The molecule has 0 radical (unpaired) electrons. The average molecular weight is 267 g/mol. The van der Waals surface area contributed by atoms with Crippen LogP contribution in [0.1, 0.15) is 43.6 Å². The van der Waals surface area contributed by atoms with Crippen LogP contribution in [-0.4, -0.2) is 13.1 Å². The van der Waals surface area contributed by atoms with E-state index in [4.69, 9.17) is 16.3 Å². The molecule has 1 aliphatic carbocycles. The van der Waals surface area contributed by atoms with E-state index in [2.05, 4.69) is 0 Å². The predicted octanol–water partition coefficient (Wildman–Crippen LogP) is 4.18. The van der Waals surface area contributed by atoms with E-state index in [-0.39, 0.29) is 11.9 Å². The fourth-order valence-corrected chi connectivity index (χ4v) is 3.01. The van der Waals surface area contributed by atoms with Crippen molar-refractivity contribution in [2.24, 2.45) is 5.92 Å². The first-order chi connectivity index (χ1) is 8.70. The molecule has 0 N–H and O–H groups in total. The van der Waals surface area contributed by atoms with Crippen LogP contribution in [0.5, 0.6) is 0 Å². The maximum absolute atomic E-state index is 11.9. The van der Waals surface area contributed by atoms with Crippen LogP contribution in [0.25, 0.3) is 0 Å². The van der Waals surface area contributed by atoms with Crippen molar-refractivity contribution in [3.8, 4) is 0 Å². The zero-order valence-corrected chi connectivity index (χ0v) is 11.5. The Labute approximate surface area is 113 Å². The minimum atomic E-state index is -0.170. The topological polar surface area (TPSA) is 26.3 Å². The summed E-state index contributed by atoms with van der Waals surface area (Å²) in [4.78, 5) is 11.9. The SMILES string of the molecule is COC(=O)C(CC1CCCC1)c1cccc(Cl)c1. The summed E-state index contributed by atoms with van der Waals surface area (Å²) >= 11 is 6.00. The van der Waals surface area contributed by atoms with E-state index < -0.39 is 0 Å². The lowest BCUT2D eigenvalue weighted by Gasteiger charge is -2.19. The van der Waals surface area contributed by atoms with Crippen molar-refractivity contribution >= 4 is 17.6 Å². The third kappa shape index (κ3) is 3.26. The molecule has 0 aliphatic heterocycles. The number of ether oxygens (including phenoxy) is 1. The molecule has 0 saturated heterocycles. The smallest absolute Gasteiger partial charge is 0.313 e. The van der Waals surface area contributed by atoms with Gasteiger partial charge in [-0.15, -0.1) is 0 Å². The monoisotopic (exact) mass is 266 g/mol. The summed E-state index contributed by atoms with van der Waals surface area (Å²) < 4.78 is 4.93. The van der Waals surface area contributed by atoms with Gasteiger partial charge in [0.2, 0.25) is 0 Å². The zero-order chi connectivity index (χ0) is 13.0. The van der Waals surface area contributed by atoms with Crippen molar-refractivity contribution < 1.29 is 9.53 Å². The fraction of sp³-hybridized carbons (Fsp3) is 0.533. The van der Waals surface area contributed by atoms with Gasteiger partial charge in [0.25, 0.3) is 0 Å². The second kappa shape index (κ2) is 6.24. The van der Waals surface area contributed by atoms with Crippen molar-refractivity contribution in [2.75, 3.05) is 7.11 Å². The maximum atomic E-state index is 11.9. The van der Waals surface area contributed by atoms with Crippen LogP contribution in [0.3, 0.4) is 0 Å². The molecule has 1 aromatic carbocycles. The molecule has 1 aromatic rings. The van der Waals surface area contributed by atoms with Gasteiger partial charge in [-0.2, -0.15) is 0 Å². The van der Waals surface area contributed by atoms with Crippen molar-refractivity contribution in [3.63, 3.8) is 0 Å². The summed E-state index contributed by atoms with van der Waals surface area (Å²) in [6, 6.07) is 7.55. The molecule has 1 unspecified atom stereocenters. The Balaban J connectivity index is 2.16. The summed E-state index contributed by atoms with van der Waals surface area (Å²) in [5, 5.41) is 0.674. The normalized spacial score (nSPS) is 17.7. The van der Waals surface area contributed by atoms with Crippen LogP contribution >= 0.6 is 11.6 Å². The lowest BCUT2D eigenvalue weighted by molar-refractivity contribution is -0.142. The molecule has 1 fully saturated rings. The number of methoxy groups -OCH3 is 1. The van der Waals surface area contributed by atoms with Crippen LogP contribution in [0, 0.1) is 5.92 Å². The number of carbonyl (C=O) groups excluding carboxylic acids is 1. The van der Waals surface area contributed by atoms with Gasteiger partial charge >= 0.3 is 5.97 Å². The van der Waals surface area contributed by atoms with Gasteiger partial charge in [0, 0.05) is 5.02 Å². The molecule has 2 nitrogen and oxygen atoms in total. The first-order valence-corrected chi connectivity index (χ1v) is 6.92. The Kier molecular flexibility index (Phi) is 4.65. The van der Waals surface area contributed by atoms with E-state index in [1.807, 2.05) is 24.3 Å². The number of hydrogen-bond donors (Lipinski definition) is 0. The first-order valence-electron chi connectivity index (χ1n) is 6.54. The highest BCUT2D eigenvalue weighted by Gasteiger charge is 2.27. The van der Waals surface area contributed by atoms with Crippen molar-refractivity contribution in [2.45, 2.75) is 38.0 Å². The number of rotatable bonds is 4. The summed E-state index contributed by atoms with van der Waals surface area (Å²) in [6.45, 7) is 0. The van der Waals surface area contributed by atoms with Gasteiger partial charge in [0.15, 0.2) is 0 Å². The molecule has 18 heavy (non-hydrogen) atoms. The molecule has 0 aromatic heterocycles. The van der Waals surface area contributed by atoms with Gasteiger partial charge in [-0.1, -0.05) is 49.4 Å². The quantitative estimate of drug-likeness (QED) is 0.765. The third-order valence-corrected chi connectivity index (χ3v) is 4.02. The summed E-state index contributed by atoms with van der Waals surface area (Å²) in [7, 11) is 1.45. The van der Waals surface area contributed by atoms with Gasteiger partial charge in [0.1, 0.15) is 0 Å². The average Bonchev–Trinajstić information content (AvgIpc) is 2.88. The molecule has 0 bridgehead atoms. The number of esters is 1. The van der Waals surface area contributed by atoms with Crippen molar-refractivity contribution in [1.29, 1.82) is 0 Å². The summed E-state index contributed by atoms with van der Waals surface area (Å²) in [5.41, 5.74) is 0.973. The Morgan fingerprint density at radius 3 is 2.78 bits per heavy atom. The molecule has 98 valence electrons. The molecule has 2 rings (SSSR count). The van der Waals surface area contributed by atoms with Crippen LogP contribution in [-0.2, 0) is 9.53 Å². The van der Waals surface area contributed by atoms with E-state index in [0.29, 0.717) is 10.9 Å². The van der Waals surface area contributed by atoms with Gasteiger partial charge in [0.05, 0.1) is 13.0 Å². The van der Waals surface area contributed by atoms with Gasteiger partial charge in [-0.25, -0.2) is 0 Å². The van der Waals surface area contributed by atoms with Crippen molar-refractivity contribution in [3.05, 3.63) is 34.9 Å². The maximum Gasteiger partial charge on any atom is 0.313 e. The van der Waals surface area contributed by atoms with Gasteiger partial charge < -0.3 is 4.74 Å².